The summed E-state index contributed by atoms with van der Waals surface area (Å²) in [6, 6.07) is 7.86. The Bertz CT molecular complexity index is 802. The van der Waals surface area contributed by atoms with Crippen LogP contribution in [0.2, 0.25) is 0 Å². The van der Waals surface area contributed by atoms with Crippen LogP contribution >= 0.6 is 0 Å². The van der Waals surface area contributed by atoms with Gasteiger partial charge in [-0.25, -0.2) is 4.39 Å². The van der Waals surface area contributed by atoms with E-state index < -0.39 is 24.0 Å². The van der Waals surface area contributed by atoms with Crippen molar-refractivity contribution < 1.29 is 18.4 Å². The number of rotatable bonds is 6. The summed E-state index contributed by atoms with van der Waals surface area (Å²) in [5.74, 6) is 0.824. The molecule has 3 rings (SSSR count). The molecule has 0 saturated carbocycles. The maximum Gasteiger partial charge on any atom is 0.525 e. The van der Waals surface area contributed by atoms with Gasteiger partial charge in [0, 0.05) is 6.54 Å². The number of methoxy groups -OCH3 is 1. The fourth-order valence-corrected chi connectivity index (χ4v) is 2.69. The van der Waals surface area contributed by atoms with E-state index in [0.29, 0.717) is 12.2 Å². The maximum absolute atomic E-state index is 14.5. The Hall–Kier alpha value is -2.19. The number of nitrogens with zero attached hydrogens (tertiary/aromatic N) is 3. The van der Waals surface area contributed by atoms with Crippen LogP contribution in [0, 0.1) is 0 Å². The molecule has 6 nitrogen and oxygen atoms in total. The SMILES string of the molecule is COc1ccc(CCn2cc(C=C(F)B3OC(C)(C)C(C)(C)O3)nn2)cc1. The summed E-state index contributed by atoms with van der Waals surface area (Å²) in [5, 5.41) is 8.06. The number of aromatic nitrogens is 3. The Labute approximate surface area is 159 Å². The van der Waals surface area contributed by atoms with E-state index in [2.05, 4.69) is 10.3 Å². The monoisotopic (exact) mass is 373 g/mol. The predicted molar refractivity (Wildman–Crippen MR) is 102 cm³/mol. The topological polar surface area (TPSA) is 58.4 Å². The third-order valence-corrected chi connectivity index (χ3v) is 5.11. The molecule has 2 aromatic rings. The van der Waals surface area contributed by atoms with Crippen LogP contribution in [0.5, 0.6) is 5.75 Å². The van der Waals surface area contributed by atoms with Gasteiger partial charge >= 0.3 is 7.12 Å². The van der Waals surface area contributed by atoms with Gasteiger partial charge in [-0.15, -0.1) is 5.10 Å². The molecule has 0 aliphatic carbocycles. The molecule has 0 spiro atoms. The third kappa shape index (κ3) is 4.39. The molecule has 144 valence electrons. The largest absolute Gasteiger partial charge is 0.525 e. The van der Waals surface area contributed by atoms with E-state index in [1.165, 1.54) is 6.08 Å². The Morgan fingerprint density at radius 2 is 1.81 bits per heavy atom. The molecule has 1 aliphatic rings. The first-order valence-electron chi connectivity index (χ1n) is 8.96. The molecule has 1 aromatic heterocycles. The van der Waals surface area contributed by atoms with E-state index in [9.17, 15) is 4.39 Å². The lowest BCUT2D eigenvalue weighted by molar-refractivity contribution is 0.00578. The van der Waals surface area contributed by atoms with E-state index in [4.69, 9.17) is 14.0 Å². The van der Waals surface area contributed by atoms with Crippen molar-refractivity contribution in [1.29, 1.82) is 0 Å². The molecule has 0 amide bonds. The summed E-state index contributed by atoms with van der Waals surface area (Å²) < 4.78 is 32.8. The van der Waals surface area contributed by atoms with Gasteiger partial charge in [-0.1, -0.05) is 17.3 Å². The number of hydrogen-bond acceptors (Lipinski definition) is 5. The minimum atomic E-state index is -1.03. The van der Waals surface area contributed by atoms with Crippen molar-refractivity contribution >= 4 is 13.2 Å². The van der Waals surface area contributed by atoms with Gasteiger partial charge in [0.05, 0.1) is 24.5 Å². The summed E-state index contributed by atoms with van der Waals surface area (Å²) in [5.41, 5.74) is -0.0999. The van der Waals surface area contributed by atoms with E-state index in [0.717, 1.165) is 17.7 Å². The van der Waals surface area contributed by atoms with Crippen LogP contribution < -0.4 is 4.74 Å². The fraction of sp³-hybridized carbons (Fsp3) is 0.474. The van der Waals surface area contributed by atoms with Crippen LogP contribution in [0.25, 0.3) is 6.08 Å². The molecule has 1 saturated heterocycles. The van der Waals surface area contributed by atoms with Gasteiger partial charge in [-0.2, -0.15) is 0 Å². The lowest BCUT2D eigenvalue weighted by Crippen LogP contribution is -2.41. The summed E-state index contributed by atoms with van der Waals surface area (Å²) in [6.07, 6.45) is 3.80. The summed E-state index contributed by atoms with van der Waals surface area (Å²) in [4.78, 5) is 0. The van der Waals surface area contributed by atoms with Crippen molar-refractivity contribution in [1.82, 2.24) is 15.0 Å². The lowest BCUT2D eigenvalue weighted by Gasteiger charge is -2.32. The average Bonchev–Trinajstić information content (AvgIpc) is 3.15. The predicted octanol–water partition coefficient (Wildman–Crippen LogP) is 3.47. The zero-order valence-electron chi connectivity index (χ0n) is 16.4. The van der Waals surface area contributed by atoms with Gasteiger partial charge in [0.1, 0.15) is 17.2 Å². The molecule has 1 aliphatic heterocycles. The Morgan fingerprint density at radius 1 is 1.19 bits per heavy atom. The molecule has 0 atom stereocenters. The number of aryl methyl sites for hydroxylation is 2. The molecule has 0 radical (unpaired) electrons. The highest BCUT2D eigenvalue weighted by atomic mass is 19.1. The summed E-state index contributed by atoms with van der Waals surface area (Å²) in [7, 11) is 0.613. The number of halogens is 1. The minimum absolute atomic E-state index is 0.428. The third-order valence-electron chi connectivity index (χ3n) is 5.11. The van der Waals surface area contributed by atoms with E-state index in [1.807, 2.05) is 52.0 Å². The highest BCUT2D eigenvalue weighted by Gasteiger charge is 2.53. The first kappa shape index (κ1) is 19.6. The van der Waals surface area contributed by atoms with Crippen LogP contribution in [0.1, 0.15) is 39.0 Å². The Kier molecular flexibility index (Phi) is 5.39. The number of hydrogen-bond donors (Lipinski definition) is 0. The summed E-state index contributed by atoms with van der Waals surface area (Å²) >= 11 is 0. The molecule has 1 aromatic carbocycles. The normalized spacial score (nSPS) is 18.7. The van der Waals surface area contributed by atoms with Gasteiger partial charge in [0.15, 0.2) is 0 Å². The summed E-state index contributed by atoms with van der Waals surface area (Å²) in [6.45, 7) is 8.18. The van der Waals surface area contributed by atoms with Crippen molar-refractivity contribution in [3.63, 3.8) is 0 Å². The average molecular weight is 373 g/mol. The maximum atomic E-state index is 14.5. The van der Waals surface area contributed by atoms with Crippen LogP contribution in [-0.2, 0) is 22.3 Å². The molecule has 27 heavy (non-hydrogen) atoms. The highest BCUT2D eigenvalue weighted by molar-refractivity contribution is 6.54. The minimum Gasteiger partial charge on any atom is -0.497 e. The van der Waals surface area contributed by atoms with Crippen molar-refractivity contribution in [2.75, 3.05) is 7.11 Å². The molecule has 0 unspecified atom stereocenters. The zero-order chi connectivity index (χ0) is 19.7. The van der Waals surface area contributed by atoms with Gasteiger partial charge < -0.3 is 14.0 Å². The van der Waals surface area contributed by atoms with Crippen molar-refractivity contribution in [2.45, 2.75) is 51.9 Å². The van der Waals surface area contributed by atoms with Gasteiger partial charge in [-0.3, -0.25) is 4.68 Å². The quantitative estimate of drug-likeness (QED) is 0.726. The Balaban J connectivity index is 1.61. The van der Waals surface area contributed by atoms with E-state index in [-0.39, 0.29) is 0 Å². The van der Waals surface area contributed by atoms with Crippen LogP contribution in [-0.4, -0.2) is 40.4 Å². The molecular formula is C19H25BFN3O3. The van der Waals surface area contributed by atoms with E-state index in [1.54, 1.807) is 18.0 Å². The van der Waals surface area contributed by atoms with Gasteiger partial charge in [0.25, 0.3) is 0 Å². The van der Waals surface area contributed by atoms with Gasteiger partial charge in [-0.05, 0) is 57.9 Å². The van der Waals surface area contributed by atoms with Crippen LogP contribution in [0.3, 0.4) is 0 Å². The first-order chi connectivity index (χ1) is 12.7. The number of ether oxygens (including phenoxy) is 1. The molecule has 1 fully saturated rings. The second kappa shape index (κ2) is 7.44. The van der Waals surface area contributed by atoms with Crippen LogP contribution in [0.15, 0.2) is 36.2 Å². The van der Waals surface area contributed by atoms with E-state index >= 15 is 0 Å². The van der Waals surface area contributed by atoms with Crippen molar-refractivity contribution in [2.24, 2.45) is 0 Å². The molecular weight excluding hydrogens is 348 g/mol. The van der Waals surface area contributed by atoms with Gasteiger partial charge in [0.2, 0.25) is 0 Å². The molecule has 2 heterocycles. The second-order valence-electron chi connectivity index (χ2n) is 7.62. The first-order valence-corrected chi connectivity index (χ1v) is 8.96. The molecule has 0 bridgehead atoms. The fourth-order valence-electron chi connectivity index (χ4n) is 2.69. The Morgan fingerprint density at radius 3 is 2.41 bits per heavy atom. The lowest BCUT2D eigenvalue weighted by atomic mass is 9.87. The zero-order valence-corrected chi connectivity index (χ0v) is 16.4. The number of benzene rings is 1. The van der Waals surface area contributed by atoms with Crippen molar-refractivity contribution in [3.05, 3.63) is 47.4 Å². The molecule has 0 N–H and O–H groups in total. The molecule has 8 heteroatoms. The standard InChI is InChI=1S/C19H25BFN3O3/c1-18(2)19(3,4)27-20(26-18)17(21)12-15-13-24(23-22-15)11-10-14-6-8-16(25-5)9-7-14/h6-9,12-13H,10-11H2,1-5H3. The highest BCUT2D eigenvalue weighted by Crippen LogP contribution is 2.38. The second-order valence-corrected chi connectivity index (χ2v) is 7.62. The smallest absolute Gasteiger partial charge is 0.497 e. The van der Waals surface area contributed by atoms with Crippen LogP contribution in [0.4, 0.5) is 4.39 Å². The van der Waals surface area contributed by atoms with Crippen molar-refractivity contribution in [3.8, 4) is 5.75 Å².